The number of benzene rings is 1. The summed E-state index contributed by atoms with van der Waals surface area (Å²) in [7, 11) is 0. The Hall–Kier alpha value is -2.35. The van der Waals surface area contributed by atoms with Crippen LogP contribution in [0.2, 0.25) is 0 Å². The van der Waals surface area contributed by atoms with Crippen LogP contribution < -0.4 is 10.1 Å². The number of aliphatic hydroxyl groups is 1. The van der Waals surface area contributed by atoms with E-state index in [4.69, 9.17) is 4.74 Å². The van der Waals surface area contributed by atoms with E-state index in [0.717, 1.165) is 6.07 Å². The van der Waals surface area contributed by atoms with Gasteiger partial charge in [0, 0.05) is 12.7 Å². The Morgan fingerprint density at radius 1 is 1.13 bits per heavy atom. The second-order valence-electron chi connectivity index (χ2n) is 4.73. The molecule has 0 fully saturated rings. The third-order valence-electron chi connectivity index (χ3n) is 2.87. The van der Waals surface area contributed by atoms with E-state index in [-0.39, 0.29) is 19.0 Å². The van der Waals surface area contributed by atoms with Gasteiger partial charge in [0.1, 0.15) is 30.1 Å². The Morgan fingerprint density at radius 2 is 1.83 bits per heavy atom. The maximum atomic E-state index is 12.7. The minimum atomic E-state index is -4.44. The summed E-state index contributed by atoms with van der Waals surface area (Å²) in [6.45, 7) is -0.0151. The van der Waals surface area contributed by atoms with Crippen molar-refractivity contribution in [1.82, 2.24) is 4.98 Å². The van der Waals surface area contributed by atoms with Gasteiger partial charge in [-0.05, 0) is 36.4 Å². The minimum Gasteiger partial charge on any atom is -0.491 e. The molecule has 4 nitrogen and oxygen atoms in total. The fraction of sp³-hybridized carbons (Fsp3) is 0.267. The van der Waals surface area contributed by atoms with Crippen LogP contribution in [0.5, 0.6) is 5.75 Å². The monoisotopic (exact) mass is 330 g/mol. The number of pyridine rings is 1. The highest BCUT2D eigenvalue weighted by molar-refractivity contribution is 5.36. The molecule has 1 unspecified atom stereocenters. The summed E-state index contributed by atoms with van der Waals surface area (Å²) in [6.07, 6.45) is -4.64. The van der Waals surface area contributed by atoms with E-state index in [1.54, 1.807) is 0 Å². The van der Waals surface area contributed by atoms with Crippen LogP contribution in [-0.2, 0) is 6.18 Å². The molecule has 124 valence electrons. The fourth-order valence-corrected chi connectivity index (χ4v) is 1.67. The van der Waals surface area contributed by atoms with Crippen molar-refractivity contribution in [3.8, 4) is 5.75 Å². The molecule has 0 saturated carbocycles. The number of rotatable bonds is 6. The van der Waals surface area contributed by atoms with Gasteiger partial charge < -0.3 is 15.2 Å². The van der Waals surface area contributed by atoms with E-state index < -0.39 is 23.7 Å². The summed E-state index contributed by atoms with van der Waals surface area (Å²) in [5.41, 5.74) is -0.844. The molecule has 8 heteroatoms. The van der Waals surface area contributed by atoms with Crippen molar-refractivity contribution in [3.63, 3.8) is 0 Å². The van der Waals surface area contributed by atoms with Gasteiger partial charge in [-0.15, -0.1) is 0 Å². The summed E-state index contributed by atoms with van der Waals surface area (Å²) < 4.78 is 55.1. The lowest BCUT2D eigenvalue weighted by Crippen LogP contribution is -2.26. The van der Waals surface area contributed by atoms with Gasteiger partial charge in [-0.25, -0.2) is 9.37 Å². The SMILES string of the molecule is OC(CNc1ccc(C(F)(F)F)cn1)COc1ccc(F)cc1. The average molecular weight is 330 g/mol. The summed E-state index contributed by atoms with van der Waals surface area (Å²) in [4.78, 5) is 3.62. The highest BCUT2D eigenvalue weighted by atomic mass is 19.4. The number of nitrogens with zero attached hydrogens (tertiary/aromatic N) is 1. The Morgan fingerprint density at radius 3 is 2.39 bits per heavy atom. The molecule has 0 aliphatic carbocycles. The van der Waals surface area contributed by atoms with E-state index in [0.29, 0.717) is 11.9 Å². The van der Waals surface area contributed by atoms with Crippen molar-refractivity contribution in [2.24, 2.45) is 0 Å². The smallest absolute Gasteiger partial charge is 0.417 e. The van der Waals surface area contributed by atoms with Gasteiger partial charge in [-0.2, -0.15) is 13.2 Å². The first-order chi connectivity index (χ1) is 10.8. The zero-order valence-corrected chi connectivity index (χ0v) is 11.8. The number of alkyl halides is 3. The molecule has 1 heterocycles. The standard InChI is InChI=1S/C15H14F4N2O2/c16-11-2-4-13(5-3-11)23-9-12(22)8-21-14-6-1-10(7-20-14)15(17,18)19/h1-7,12,22H,8-9H2,(H,20,21). The van der Waals surface area contributed by atoms with Crippen LogP contribution in [0.4, 0.5) is 23.4 Å². The van der Waals surface area contributed by atoms with E-state index in [1.165, 1.54) is 30.3 Å². The average Bonchev–Trinajstić information content (AvgIpc) is 2.52. The lowest BCUT2D eigenvalue weighted by atomic mass is 10.3. The van der Waals surface area contributed by atoms with Crippen molar-refractivity contribution in [2.45, 2.75) is 12.3 Å². The van der Waals surface area contributed by atoms with Gasteiger partial charge in [0.2, 0.25) is 0 Å². The van der Waals surface area contributed by atoms with Crippen LogP contribution in [0.15, 0.2) is 42.6 Å². The number of aliphatic hydroxyl groups excluding tert-OH is 1. The van der Waals surface area contributed by atoms with Crippen molar-refractivity contribution < 1.29 is 27.4 Å². The molecule has 0 saturated heterocycles. The van der Waals surface area contributed by atoms with Gasteiger partial charge in [0.25, 0.3) is 0 Å². The van der Waals surface area contributed by atoms with E-state index in [1.807, 2.05) is 0 Å². The van der Waals surface area contributed by atoms with E-state index >= 15 is 0 Å². The molecular weight excluding hydrogens is 316 g/mol. The largest absolute Gasteiger partial charge is 0.491 e. The quantitative estimate of drug-likeness (QED) is 0.799. The lowest BCUT2D eigenvalue weighted by molar-refractivity contribution is -0.137. The molecule has 0 aliphatic heterocycles. The fourth-order valence-electron chi connectivity index (χ4n) is 1.67. The predicted octanol–water partition coefficient (Wildman–Crippen LogP) is 3.09. The van der Waals surface area contributed by atoms with Gasteiger partial charge in [0.05, 0.1) is 5.56 Å². The Bertz CT molecular complexity index is 615. The third kappa shape index (κ3) is 5.41. The zero-order valence-electron chi connectivity index (χ0n) is 11.8. The van der Waals surface area contributed by atoms with Gasteiger partial charge in [-0.1, -0.05) is 0 Å². The van der Waals surface area contributed by atoms with Crippen LogP contribution in [0.1, 0.15) is 5.56 Å². The normalized spacial score (nSPS) is 12.7. The number of aromatic nitrogens is 1. The first-order valence-electron chi connectivity index (χ1n) is 6.68. The predicted molar refractivity (Wildman–Crippen MR) is 75.6 cm³/mol. The van der Waals surface area contributed by atoms with Crippen LogP contribution in [-0.4, -0.2) is 29.3 Å². The molecule has 0 radical (unpaired) electrons. The molecule has 2 aromatic rings. The van der Waals surface area contributed by atoms with Crippen molar-refractivity contribution >= 4 is 5.82 Å². The molecule has 0 bridgehead atoms. The lowest BCUT2D eigenvalue weighted by Gasteiger charge is -2.14. The molecule has 0 spiro atoms. The summed E-state index contributed by atoms with van der Waals surface area (Å²) in [5, 5.41) is 12.4. The molecular formula is C15H14F4N2O2. The number of nitrogens with one attached hydrogen (secondary N) is 1. The highest BCUT2D eigenvalue weighted by Crippen LogP contribution is 2.28. The Balaban J connectivity index is 1.77. The van der Waals surface area contributed by atoms with Crippen LogP contribution in [0, 0.1) is 5.82 Å². The van der Waals surface area contributed by atoms with Crippen molar-refractivity contribution in [1.29, 1.82) is 0 Å². The Labute approximate surface area is 129 Å². The van der Waals surface area contributed by atoms with Crippen LogP contribution in [0.3, 0.4) is 0 Å². The maximum absolute atomic E-state index is 12.7. The number of anilines is 1. The van der Waals surface area contributed by atoms with Gasteiger partial charge in [-0.3, -0.25) is 0 Å². The number of ether oxygens (including phenoxy) is 1. The molecule has 23 heavy (non-hydrogen) atoms. The summed E-state index contributed by atoms with van der Waals surface area (Å²) in [6, 6.07) is 7.38. The molecule has 0 amide bonds. The maximum Gasteiger partial charge on any atom is 0.417 e. The first kappa shape index (κ1) is 17.0. The summed E-state index contributed by atoms with van der Waals surface area (Å²) in [5.74, 6) is 0.213. The highest BCUT2D eigenvalue weighted by Gasteiger charge is 2.30. The molecule has 1 atom stereocenters. The number of hydrogen-bond donors (Lipinski definition) is 2. The molecule has 2 rings (SSSR count). The Kier molecular flexibility index (Phi) is 5.38. The van der Waals surface area contributed by atoms with E-state index in [9.17, 15) is 22.7 Å². The zero-order chi connectivity index (χ0) is 16.9. The van der Waals surface area contributed by atoms with Crippen LogP contribution >= 0.6 is 0 Å². The number of hydrogen-bond acceptors (Lipinski definition) is 4. The topological polar surface area (TPSA) is 54.4 Å². The second-order valence-corrected chi connectivity index (χ2v) is 4.73. The third-order valence-corrected chi connectivity index (χ3v) is 2.87. The second kappa shape index (κ2) is 7.28. The molecule has 0 aliphatic rings. The minimum absolute atomic E-state index is 0.0412. The van der Waals surface area contributed by atoms with Crippen LogP contribution in [0.25, 0.3) is 0 Å². The molecule has 1 aromatic carbocycles. The van der Waals surface area contributed by atoms with E-state index in [2.05, 4.69) is 10.3 Å². The molecule has 2 N–H and O–H groups in total. The van der Waals surface area contributed by atoms with Crippen molar-refractivity contribution in [2.75, 3.05) is 18.5 Å². The molecule has 1 aromatic heterocycles. The first-order valence-corrected chi connectivity index (χ1v) is 6.68. The summed E-state index contributed by atoms with van der Waals surface area (Å²) >= 11 is 0. The number of halogens is 4. The van der Waals surface area contributed by atoms with Crippen molar-refractivity contribution in [3.05, 3.63) is 54.0 Å². The van der Waals surface area contributed by atoms with Gasteiger partial charge in [0.15, 0.2) is 0 Å². The van der Waals surface area contributed by atoms with Gasteiger partial charge >= 0.3 is 6.18 Å².